The maximum Gasteiger partial charge on any atom is 0.280 e. The minimum Gasteiger partial charge on any atom is -0.383 e. The molecule has 1 aliphatic carbocycles. The Kier molecular flexibility index (Phi) is 3.41. The molecule has 1 aliphatic rings. The van der Waals surface area contributed by atoms with Crippen molar-refractivity contribution in [1.29, 1.82) is 0 Å². The van der Waals surface area contributed by atoms with Gasteiger partial charge in [-0.1, -0.05) is 12.8 Å². The van der Waals surface area contributed by atoms with E-state index in [0.717, 1.165) is 24.6 Å². The number of halogens is 1. The first-order chi connectivity index (χ1) is 7.27. The highest BCUT2D eigenvalue weighted by molar-refractivity contribution is 9.10. The van der Waals surface area contributed by atoms with E-state index in [-0.39, 0.29) is 5.56 Å². The Bertz CT molecular complexity index is 386. The summed E-state index contributed by atoms with van der Waals surface area (Å²) in [6.07, 6.45) is 6.88. The molecule has 0 unspecified atom stereocenters. The number of hydrogen-bond acceptors (Lipinski definition) is 3. The summed E-state index contributed by atoms with van der Waals surface area (Å²) in [5, 5.41) is 9.31. The van der Waals surface area contributed by atoms with E-state index in [1.165, 1.54) is 19.3 Å². The van der Waals surface area contributed by atoms with Gasteiger partial charge in [-0.2, -0.15) is 5.10 Å². The maximum absolute atomic E-state index is 11.2. The lowest BCUT2D eigenvalue weighted by Crippen LogP contribution is -2.12. The zero-order valence-corrected chi connectivity index (χ0v) is 10.0. The molecule has 1 aromatic heterocycles. The Morgan fingerprint density at radius 3 is 3.13 bits per heavy atom. The van der Waals surface area contributed by atoms with Crippen molar-refractivity contribution in [3.05, 3.63) is 21.0 Å². The van der Waals surface area contributed by atoms with Gasteiger partial charge in [-0.3, -0.25) is 4.79 Å². The van der Waals surface area contributed by atoms with Crippen LogP contribution in [0.3, 0.4) is 0 Å². The first kappa shape index (κ1) is 10.7. The van der Waals surface area contributed by atoms with Crippen LogP contribution in [-0.2, 0) is 0 Å². The van der Waals surface area contributed by atoms with Gasteiger partial charge in [0, 0.05) is 6.54 Å². The van der Waals surface area contributed by atoms with Crippen molar-refractivity contribution in [3.63, 3.8) is 0 Å². The summed E-state index contributed by atoms with van der Waals surface area (Å²) >= 11 is 3.23. The molecule has 0 bridgehead atoms. The van der Waals surface area contributed by atoms with E-state index in [0.29, 0.717) is 4.47 Å². The fourth-order valence-corrected chi connectivity index (χ4v) is 1.86. The van der Waals surface area contributed by atoms with E-state index in [2.05, 4.69) is 31.4 Å². The van der Waals surface area contributed by atoms with Gasteiger partial charge in [0.25, 0.3) is 5.56 Å². The van der Waals surface area contributed by atoms with Gasteiger partial charge in [-0.25, -0.2) is 5.10 Å². The molecule has 0 spiro atoms. The molecule has 2 N–H and O–H groups in total. The minimum absolute atomic E-state index is 0.192. The van der Waals surface area contributed by atoms with E-state index in [1.54, 1.807) is 6.20 Å². The summed E-state index contributed by atoms with van der Waals surface area (Å²) in [7, 11) is 0. The molecule has 0 atom stereocenters. The predicted molar refractivity (Wildman–Crippen MR) is 63.0 cm³/mol. The molecule has 1 aromatic rings. The zero-order valence-electron chi connectivity index (χ0n) is 8.42. The standard InChI is InChI=1S/C10H14BrN3O/c11-9-8(6-13-14-10(9)15)12-5-1-2-7-3-4-7/h6-7H,1-5H2,(H2,12,14,15). The van der Waals surface area contributed by atoms with Crippen LogP contribution >= 0.6 is 15.9 Å². The molecular weight excluding hydrogens is 258 g/mol. The van der Waals surface area contributed by atoms with Gasteiger partial charge in [0.2, 0.25) is 0 Å². The third kappa shape index (κ3) is 3.06. The summed E-state index contributed by atoms with van der Waals surface area (Å²) in [6.45, 7) is 0.903. The highest BCUT2D eigenvalue weighted by Gasteiger charge is 2.19. The summed E-state index contributed by atoms with van der Waals surface area (Å²) in [5.74, 6) is 0.965. The van der Waals surface area contributed by atoms with Gasteiger partial charge < -0.3 is 5.32 Å². The van der Waals surface area contributed by atoms with Crippen LogP contribution in [0.4, 0.5) is 5.69 Å². The van der Waals surface area contributed by atoms with Gasteiger partial charge in [-0.05, 0) is 34.7 Å². The average Bonchev–Trinajstić information content (AvgIpc) is 3.02. The van der Waals surface area contributed by atoms with Crippen molar-refractivity contribution in [1.82, 2.24) is 10.2 Å². The maximum atomic E-state index is 11.2. The number of H-pyrrole nitrogens is 1. The van der Waals surface area contributed by atoms with Crippen molar-refractivity contribution in [3.8, 4) is 0 Å². The summed E-state index contributed by atoms with van der Waals surface area (Å²) in [5.41, 5.74) is 0.580. The molecule has 0 aliphatic heterocycles. The fourth-order valence-electron chi connectivity index (χ4n) is 1.53. The van der Waals surface area contributed by atoms with Crippen molar-refractivity contribution < 1.29 is 0 Å². The number of aromatic amines is 1. The number of hydrogen-bond donors (Lipinski definition) is 2. The lowest BCUT2D eigenvalue weighted by molar-refractivity contribution is 0.687. The third-order valence-electron chi connectivity index (χ3n) is 2.60. The largest absolute Gasteiger partial charge is 0.383 e. The monoisotopic (exact) mass is 271 g/mol. The van der Waals surface area contributed by atoms with Crippen LogP contribution in [0.5, 0.6) is 0 Å². The Morgan fingerprint density at radius 1 is 1.60 bits per heavy atom. The van der Waals surface area contributed by atoms with Crippen LogP contribution in [-0.4, -0.2) is 16.7 Å². The van der Waals surface area contributed by atoms with E-state index >= 15 is 0 Å². The lowest BCUT2D eigenvalue weighted by atomic mass is 10.2. The van der Waals surface area contributed by atoms with Crippen LogP contribution in [0.1, 0.15) is 25.7 Å². The minimum atomic E-state index is -0.192. The highest BCUT2D eigenvalue weighted by atomic mass is 79.9. The van der Waals surface area contributed by atoms with Crippen LogP contribution in [0.25, 0.3) is 0 Å². The number of nitrogens with one attached hydrogen (secondary N) is 2. The molecule has 0 aromatic carbocycles. The zero-order chi connectivity index (χ0) is 10.7. The molecule has 4 nitrogen and oxygen atoms in total. The lowest BCUT2D eigenvalue weighted by Gasteiger charge is -2.06. The summed E-state index contributed by atoms with van der Waals surface area (Å²) < 4.78 is 0.531. The Labute approximate surface area is 96.6 Å². The van der Waals surface area contributed by atoms with E-state index < -0.39 is 0 Å². The summed E-state index contributed by atoms with van der Waals surface area (Å²) in [4.78, 5) is 11.2. The van der Waals surface area contributed by atoms with E-state index in [1.807, 2.05) is 0 Å². The predicted octanol–water partition coefficient (Wildman–Crippen LogP) is 2.13. The molecule has 2 rings (SSSR count). The number of anilines is 1. The molecule has 1 fully saturated rings. The topological polar surface area (TPSA) is 57.8 Å². The fraction of sp³-hybridized carbons (Fsp3) is 0.600. The molecule has 5 heteroatoms. The van der Waals surface area contributed by atoms with Crippen molar-refractivity contribution in [2.24, 2.45) is 5.92 Å². The van der Waals surface area contributed by atoms with E-state index in [4.69, 9.17) is 0 Å². The Balaban J connectivity index is 1.81. The summed E-state index contributed by atoms with van der Waals surface area (Å²) in [6, 6.07) is 0. The van der Waals surface area contributed by atoms with E-state index in [9.17, 15) is 4.79 Å². The third-order valence-corrected chi connectivity index (χ3v) is 3.38. The molecule has 1 saturated carbocycles. The second-order valence-electron chi connectivity index (χ2n) is 3.94. The Morgan fingerprint density at radius 2 is 2.40 bits per heavy atom. The number of rotatable bonds is 5. The molecule has 15 heavy (non-hydrogen) atoms. The highest BCUT2D eigenvalue weighted by Crippen LogP contribution is 2.33. The smallest absolute Gasteiger partial charge is 0.280 e. The van der Waals surface area contributed by atoms with Gasteiger partial charge in [0.05, 0.1) is 11.9 Å². The molecule has 82 valence electrons. The molecule has 0 radical (unpaired) electrons. The van der Waals surface area contributed by atoms with Crippen LogP contribution in [0.15, 0.2) is 15.5 Å². The van der Waals surface area contributed by atoms with Gasteiger partial charge >= 0.3 is 0 Å². The molecule has 0 saturated heterocycles. The molecule has 0 amide bonds. The Hall–Kier alpha value is -0.840. The first-order valence-electron chi connectivity index (χ1n) is 5.24. The quantitative estimate of drug-likeness (QED) is 0.807. The van der Waals surface area contributed by atoms with Crippen molar-refractivity contribution in [2.45, 2.75) is 25.7 Å². The van der Waals surface area contributed by atoms with Crippen LogP contribution in [0.2, 0.25) is 0 Å². The van der Waals surface area contributed by atoms with Gasteiger partial charge in [-0.15, -0.1) is 0 Å². The average molecular weight is 272 g/mol. The van der Waals surface area contributed by atoms with Gasteiger partial charge in [0.15, 0.2) is 0 Å². The second kappa shape index (κ2) is 4.79. The van der Waals surface area contributed by atoms with Crippen molar-refractivity contribution >= 4 is 21.6 Å². The molecular formula is C10H14BrN3O. The SMILES string of the molecule is O=c1[nH]ncc(NCCCC2CC2)c1Br. The van der Waals surface area contributed by atoms with Gasteiger partial charge in [0.1, 0.15) is 4.47 Å². The van der Waals surface area contributed by atoms with Crippen LogP contribution < -0.4 is 10.9 Å². The number of aromatic nitrogens is 2. The first-order valence-corrected chi connectivity index (χ1v) is 6.03. The molecule has 1 heterocycles. The normalized spacial score (nSPS) is 15.3. The van der Waals surface area contributed by atoms with Crippen molar-refractivity contribution in [2.75, 3.05) is 11.9 Å². The number of nitrogens with zero attached hydrogens (tertiary/aromatic N) is 1. The second-order valence-corrected chi connectivity index (χ2v) is 4.73. The van der Waals surface area contributed by atoms with Crippen LogP contribution in [0, 0.1) is 5.92 Å².